The van der Waals surface area contributed by atoms with Crippen molar-refractivity contribution in [1.82, 2.24) is 5.32 Å². The number of halogens is 2. The van der Waals surface area contributed by atoms with E-state index in [0.717, 1.165) is 32.0 Å². The molecular formula is C17H25BrFNO. The van der Waals surface area contributed by atoms with Crippen LogP contribution in [-0.4, -0.2) is 26.8 Å². The third kappa shape index (κ3) is 5.35. The molecule has 0 amide bonds. The van der Waals surface area contributed by atoms with Gasteiger partial charge in [0.25, 0.3) is 0 Å². The second-order valence-corrected chi connectivity index (χ2v) is 6.81. The van der Waals surface area contributed by atoms with Gasteiger partial charge < -0.3 is 10.1 Å². The molecule has 1 atom stereocenters. The van der Waals surface area contributed by atoms with E-state index < -0.39 is 0 Å². The van der Waals surface area contributed by atoms with Crippen molar-refractivity contribution in [3.8, 4) is 0 Å². The number of hydrogen-bond donors (Lipinski definition) is 1. The lowest BCUT2D eigenvalue weighted by Crippen LogP contribution is -2.31. The van der Waals surface area contributed by atoms with E-state index in [1.807, 2.05) is 12.1 Å². The van der Waals surface area contributed by atoms with E-state index in [0.29, 0.717) is 10.4 Å². The fourth-order valence-electron chi connectivity index (χ4n) is 3.27. The van der Waals surface area contributed by atoms with Gasteiger partial charge in [-0.2, -0.15) is 0 Å². The summed E-state index contributed by atoms with van der Waals surface area (Å²) in [6.45, 7) is 2.66. The number of rotatable bonds is 8. The zero-order valence-corrected chi connectivity index (χ0v) is 14.3. The molecule has 1 saturated carbocycles. The molecule has 1 aliphatic rings. The second kappa shape index (κ2) is 8.86. The summed E-state index contributed by atoms with van der Waals surface area (Å²) in [7, 11) is 1.73. The predicted octanol–water partition coefficient (Wildman–Crippen LogP) is 4.17. The van der Waals surface area contributed by atoms with E-state index in [4.69, 9.17) is 4.74 Å². The van der Waals surface area contributed by atoms with Crippen molar-refractivity contribution in [1.29, 1.82) is 0 Å². The molecule has 0 aliphatic heterocycles. The Bertz CT molecular complexity index is 435. The smallest absolute Gasteiger partial charge is 0.137 e. The summed E-state index contributed by atoms with van der Waals surface area (Å²) < 4.78 is 19.0. The van der Waals surface area contributed by atoms with Gasteiger partial charge in [-0.3, -0.25) is 0 Å². The fourth-order valence-corrected chi connectivity index (χ4v) is 3.69. The minimum Gasteiger partial charge on any atom is -0.383 e. The lowest BCUT2D eigenvalue weighted by Gasteiger charge is -2.24. The van der Waals surface area contributed by atoms with Gasteiger partial charge in [0.1, 0.15) is 5.82 Å². The quantitative estimate of drug-likeness (QED) is 0.704. The van der Waals surface area contributed by atoms with E-state index >= 15 is 0 Å². The van der Waals surface area contributed by atoms with E-state index in [9.17, 15) is 4.39 Å². The lowest BCUT2D eigenvalue weighted by atomic mass is 9.85. The molecule has 0 spiro atoms. The number of hydrogen-bond acceptors (Lipinski definition) is 2. The molecule has 0 aromatic heterocycles. The molecule has 1 fully saturated rings. The van der Waals surface area contributed by atoms with Crippen LogP contribution in [0.5, 0.6) is 0 Å². The summed E-state index contributed by atoms with van der Waals surface area (Å²) in [6.07, 6.45) is 6.39. The van der Waals surface area contributed by atoms with Crippen molar-refractivity contribution in [2.24, 2.45) is 11.8 Å². The molecule has 1 aromatic rings. The SMILES string of the molecule is COCCNCC(Cc1ccc(F)c(Br)c1)C1CCCC1. The summed E-state index contributed by atoms with van der Waals surface area (Å²) >= 11 is 3.29. The van der Waals surface area contributed by atoms with Crippen molar-refractivity contribution in [3.63, 3.8) is 0 Å². The maximum atomic E-state index is 13.4. The number of benzene rings is 1. The first kappa shape index (κ1) is 16.9. The first-order chi connectivity index (χ1) is 10.2. The van der Waals surface area contributed by atoms with Gasteiger partial charge >= 0.3 is 0 Å². The van der Waals surface area contributed by atoms with Crippen LogP contribution < -0.4 is 5.32 Å². The molecule has 0 saturated heterocycles. The van der Waals surface area contributed by atoms with Crippen LogP contribution >= 0.6 is 15.9 Å². The molecule has 2 nitrogen and oxygen atoms in total. The zero-order chi connectivity index (χ0) is 15.1. The summed E-state index contributed by atoms with van der Waals surface area (Å²) in [5.74, 6) is 1.24. The fraction of sp³-hybridized carbons (Fsp3) is 0.647. The van der Waals surface area contributed by atoms with Crippen molar-refractivity contribution in [2.75, 3.05) is 26.8 Å². The van der Waals surface area contributed by atoms with Gasteiger partial charge in [-0.1, -0.05) is 31.7 Å². The second-order valence-electron chi connectivity index (χ2n) is 5.95. The van der Waals surface area contributed by atoms with Gasteiger partial charge in [-0.15, -0.1) is 0 Å². The monoisotopic (exact) mass is 357 g/mol. The molecule has 2 rings (SSSR count). The maximum absolute atomic E-state index is 13.4. The molecule has 21 heavy (non-hydrogen) atoms. The van der Waals surface area contributed by atoms with Gasteiger partial charge in [0.2, 0.25) is 0 Å². The Morgan fingerprint density at radius 3 is 2.81 bits per heavy atom. The highest BCUT2D eigenvalue weighted by Crippen LogP contribution is 2.33. The van der Waals surface area contributed by atoms with E-state index in [1.165, 1.54) is 31.2 Å². The van der Waals surface area contributed by atoms with Crippen LogP contribution in [0.3, 0.4) is 0 Å². The van der Waals surface area contributed by atoms with Crippen molar-refractivity contribution in [3.05, 3.63) is 34.1 Å². The van der Waals surface area contributed by atoms with E-state index in [1.54, 1.807) is 13.2 Å². The third-order valence-electron chi connectivity index (χ3n) is 4.44. The average Bonchev–Trinajstić information content (AvgIpc) is 3.00. The number of nitrogens with one attached hydrogen (secondary N) is 1. The van der Waals surface area contributed by atoms with Crippen molar-refractivity contribution < 1.29 is 9.13 Å². The normalized spacial score (nSPS) is 17.3. The van der Waals surface area contributed by atoms with Crippen LogP contribution in [0.1, 0.15) is 31.2 Å². The van der Waals surface area contributed by atoms with Gasteiger partial charge in [-0.25, -0.2) is 4.39 Å². The Labute approximate surface area is 135 Å². The zero-order valence-electron chi connectivity index (χ0n) is 12.7. The Kier molecular flexibility index (Phi) is 7.14. The van der Waals surface area contributed by atoms with Gasteiger partial charge in [-0.05, 0) is 58.4 Å². The molecular weight excluding hydrogens is 333 g/mol. The van der Waals surface area contributed by atoms with E-state index in [2.05, 4.69) is 21.2 Å². The molecule has 1 unspecified atom stereocenters. The van der Waals surface area contributed by atoms with E-state index in [-0.39, 0.29) is 5.82 Å². The van der Waals surface area contributed by atoms with Crippen LogP contribution in [0.15, 0.2) is 22.7 Å². The van der Waals surface area contributed by atoms with Crippen molar-refractivity contribution in [2.45, 2.75) is 32.1 Å². The first-order valence-corrected chi connectivity index (χ1v) is 8.63. The van der Waals surface area contributed by atoms with Crippen LogP contribution in [0.2, 0.25) is 0 Å². The van der Waals surface area contributed by atoms with Crippen LogP contribution in [0.4, 0.5) is 4.39 Å². The molecule has 0 heterocycles. The Morgan fingerprint density at radius 2 is 2.14 bits per heavy atom. The largest absolute Gasteiger partial charge is 0.383 e. The summed E-state index contributed by atoms with van der Waals surface area (Å²) in [4.78, 5) is 0. The molecule has 1 aromatic carbocycles. The Morgan fingerprint density at radius 1 is 1.38 bits per heavy atom. The summed E-state index contributed by atoms with van der Waals surface area (Å²) in [5, 5.41) is 3.50. The highest BCUT2D eigenvalue weighted by Gasteiger charge is 2.25. The summed E-state index contributed by atoms with van der Waals surface area (Å²) in [6, 6.07) is 5.40. The van der Waals surface area contributed by atoms with Crippen LogP contribution in [-0.2, 0) is 11.2 Å². The molecule has 0 radical (unpaired) electrons. The third-order valence-corrected chi connectivity index (χ3v) is 5.05. The lowest BCUT2D eigenvalue weighted by molar-refractivity contribution is 0.195. The predicted molar refractivity (Wildman–Crippen MR) is 88.0 cm³/mol. The Balaban J connectivity index is 1.95. The van der Waals surface area contributed by atoms with Crippen molar-refractivity contribution >= 4 is 15.9 Å². The van der Waals surface area contributed by atoms with Crippen LogP contribution in [0, 0.1) is 17.7 Å². The Hall–Kier alpha value is -0.450. The summed E-state index contributed by atoms with van der Waals surface area (Å²) in [5.41, 5.74) is 1.22. The molecule has 1 aliphatic carbocycles. The molecule has 4 heteroatoms. The topological polar surface area (TPSA) is 21.3 Å². The minimum absolute atomic E-state index is 0.186. The number of ether oxygens (including phenoxy) is 1. The standard InChI is InChI=1S/C17H25BrFNO/c1-21-9-8-20-12-15(14-4-2-3-5-14)10-13-6-7-17(19)16(18)11-13/h6-7,11,14-15,20H,2-5,8-10,12H2,1H3. The average molecular weight is 358 g/mol. The molecule has 0 bridgehead atoms. The first-order valence-electron chi connectivity index (χ1n) is 7.84. The molecule has 1 N–H and O–H groups in total. The number of methoxy groups -OCH3 is 1. The highest BCUT2D eigenvalue weighted by atomic mass is 79.9. The highest BCUT2D eigenvalue weighted by molar-refractivity contribution is 9.10. The van der Waals surface area contributed by atoms with Gasteiger partial charge in [0, 0.05) is 13.7 Å². The van der Waals surface area contributed by atoms with Crippen LogP contribution in [0.25, 0.3) is 0 Å². The van der Waals surface area contributed by atoms with Gasteiger partial charge in [0.15, 0.2) is 0 Å². The van der Waals surface area contributed by atoms with Gasteiger partial charge in [0.05, 0.1) is 11.1 Å². The minimum atomic E-state index is -0.186. The molecule has 118 valence electrons. The maximum Gasteiger partial charge on any atom is 0.137 e.